The standard InChI is InChI=1S/C24H30ClN5O2/c1-15(20-6-4-5-9-26-20)28-23(32)30-10-7-17(8-11-30)24(2,3)22(31)19-13-18(25)12-16-14-27-29-21(16)19/h4-6,9,12-15,17,22,31H,7-8,10-11H2,1-3H3,(H,27,29)(H,28,32)/t15-,22?/m0/s1. The first-order valence-corrected chi connectivity index (χ1v) is 11.4. The van der Waals surface area contributed by atoms with Crippen LogP contribution in [0.4, 0.5) is 4.79 Å². The molecule has 0 spiro atoms. The predicted molar refractivity (Wildman–Crippen MR) is 125 cm³/mol. The number of aromatic amines is 1. The van der Waals surface area contributed by atoms with E-state index in [1.165, 1.54) is 0 Å². The van der Waals surface area contributed by atoms with Gasteiger partial charge in [-0.05, 0) is 55.4 Å². The first-order valence-electron chi connectivity index (χ1n) is 11.0. The van der Waals surface area contributed by atoms with Crippen LogP contribution in [0.3, 0.4) is 0 Å². The first-order chi connectivity index (χ1) is 15.3. The number of amides is 2. The average molecular weight is 456 g/mol. The summed E-state index contributed by atoms with van der Waals surface area (Å²) in [4.78, 5) is 18.9. The molecule has 7 nitrogen and oxygen atoms in total. The molecule has 32 heavy (non-hydrogen) atoms. The van der Waals surface area contributed by atoms with Crippen molar-refractivity contribution in [1.82, 2.24) is 25.4 Å². The molecule has 1 saturated heterocycles. The number of rotatable bonds is 5. The highest BCUT2D eigenvalue weighted by Crippen LogP contribution is 2.46. The second-order valence-corrected chi connectivity index (χ2v) is 9.68. The van der Waals surface area contributed by atoms with Crippen molar-refractivity contribution in [3.8, 4) is 0 Å². The molecule has 3 heterocycles. The summed E-state index contributed by atoms with van der Waals surface area (Å²) < 4.78 is 0. The lowest BCUT2D eigenvalue weighted by Gasteiger charge is -2.43. The smallest absolute Gasteiger partial charge is 0.317 e. The molecule has 0 bridgehead atoms. The van der Waals surface area contributed by atoms with E-state index >= 15 is 0 Å². The van der Waals surface area contributed by atoms with Crippen LogP contribution in [0.2, 0.25) is 5.02 Å². The van der Waals surface area contributed by atoms with Gasteiger partial charge < -0.3 is 15.3 Å². The van der Waals surface area contributed by atoms with Crippen molar-refractivity contribution in [2.45, 2.75) is 45.8 Å². The number of carbonyl (C=O) groups excluding carboxylic acids is 1. The molecule has 2 amide bonds. The van der Waals surface area contributed by atoms with E-state index in [0.29, 0.717) is 18.1 Å². The number of carbonyl (C=O) groups is 1. The molecule has 3 aromatic rings. The van der Waals surface area contributed by atoms with Crippen molar-refractivity contribution in [3.05, 3.63) is 59.0 Å². The highest BCUT2D eigenvalue weighted by atomic mass is 35.5. The molecule has 8 heteroatoms. The van der Waals surface area contributed by atoms with Crippen LogP contribution in [0.5, 0.6) is 0 Å². The SMILES string of the molecule is C[C@H](NC(=O)N1CCC(C(C)(C)C(O)c2cc(Cl)cc3cn[nH]c23)CC1)c1ccccn1. The number of halogens is 1. The normalized spacial score (nSPS) is 17.3. The maximum Gasteiger partial charge on any atom is 0.317 e. The summed E-state index contributed by atoms with van der Waals surface area (Å²) in [6.45, 7) is 7.41. The highest BCUT2D eigenvalue weighted by Gasteiger charge is 2.40. The van der Waals surface area contributed by atoms with Gasteiger partial charge in [0.15, 0.2) is 0 Å². The Hall–Kier alpha value is -2.64. The van der Waals surface area contributed by atoms with Gasteiger partial charge in [-0.3, -0.25) is 10.1 Å². The fraction of sp³-hybridized carbons (Fsp3) is 0.458. The topological polar surface area (TPSA) is 94.1 Å². The quantitative estimate of drug-likeness (QED) is 0.512. The monoisotopic (exact) mass is 455 g/mol. The minimum absolute atomic E-state index is 0.0750. The molecular weight excluding hydrogens is 426 g/mol. The molecular formula is C24H30ClN5O2. The van der Waals surface area contributed by atoms with Crippen molar-refractivity contribution >= 4 is 28.5 Å². The van der Waals surface area contributed by atoms with Gasteiger partial charge in [0.2, 0.25) is 0 Å². The summed E-state index contributed by atoms with van der Waals surface area (Å²) in [6, 6.07) is 9.12. The molecule has 1 unspecified atom stereocenters. The molecule has 1 aliphatic rings. The molecule has 4 rings (SSSR count). The molecule has 1 fully saturated rings. The van der Waals surface area contributed by atoms with Gasteiger partial charge in [-0.1, -0.05) is 31.5 Å². The van der Waals surface area contributed by atoms with Gasteiger partial charge in [-0.25, -0.2) is 4.79 Å². The molecule has 1 aromatic carbocycles. The third-order valence-corrected chi connectivity index (χ3v) is 7.07. The van der Waals surface area contributed by atoms with Gasteiger partial charge in [0, 0.05) is 35.3 Å². The molecule has 170 valence electrons. The number of aliphatic hydroxyl groups is 1. The number of aliphatic hydroxyl groups excluding tert-OH is 1. The van der Waals surface area contributed by atoms with Gasteiger partial charge in [-0.15, -0.1) is 0 Å². The molecule has 2 aromatic heterocycles. The number of nitrogens with zero attached hydrogens (tertiary/aromatic N) is 3. The molecule has 0 radical (unpaired) electrons. The van der Waals surface area contributed by atoms with Crippen LogP contribution >= 0.6 is 11.6 Å². The van der Waals surface area contributed by atoms with Crippen molar-refractivity contribution in [1.29, 1.82) is 0 Å². The lowest BCUT2D eigenvalue weighted by atomic mass is 9.68. The molecule has 3 N–H and O–H groups in total. The van der Waals surface area contributed by atoms with Gasteiger partial charge in [0.25, 0.3) is 0 Å². The Morgan fingerprint density at radius 2 is 2.06 bits per heavy atom. The maximum atomic E-state index is 12.8. The Morgan fingerprint density at radius 3 is 2.75 bits per heavy atom. The third-order valence-electron chi connectivity index (χ3n) is 6.85. The van der Waals surface area contributed by atoms with E-state index in [4.69, 9.17) is 11.6 Å². The fourth-order valence-corrected chi connectivity index (χ4v) is 4.93. The van der Waals surface area contributed by atoms with E-state index in [0.717, 1.165) is 35.0 Å². The predicted octanol–water partition coefficient (Wildman–Crippen LogP) is 4.85. The fourth-order valence-electron chi connectivity index (χ4n) is 4.70. The Morgan fingerprint density at radius 1 is 1.31 bits per heavy atom. The van der Waals surface area contributed by atoms with E-state index in [9.17, 15) is 9.90 Å². The van der Waals surface area contributed by atoms with Crippen LogP contribution in [0, 0.1) is 11.3 Å². The van der Waals surface area contributed by atoms with Crippen LogP contribution in [-0.4, -0.2) is 44.3 Å². The van der Waals surface area contributed by atoms with Gasteiger partial charge in [0.05, 0.1) is 29.6 Å². The van der Waals surface area contributed by atoms with Crippen LogP contribution in [0.15, 0.2) is 42.7 Å². The minimum Gasteiger partial charge on any atom is -0.388 e. The summed E-state index contributed by atoms with van der Waals surface area (Å²) in [6.07, 6.45) is 4.38. The zero-order valence-electron chi connectivity index (χ0n) is 18.7. The molecule has 2 atom stereocenters. The van der Waals surface area contributed by atoms with E-state index in [1.807, 2.05) is 42.2 Å². The largest absolute Gasteiger partial charge is 0.388 e. The van der Waals surface area contributed by atoms with Crippen LogP contribution in [0.25, 0.3) is 10.9 Å². The number of nitrogens with one attached hydrogen (secondary N) is 2. The van der Waals surface area contributed by atoms with Crippen molar-refractivity contribution in [3.63, 3.8) is 0 Å². The van der Waals surface area contributed by atoms with Crippen molar-refractivity contribution < 1.29 is 9.90 Å². The van der Waals surface area contributed by atoms with Crippen LogP contribution in [0.1, 0.15) is 57.0 Å². The van der Waals surface area contributed by atoms with E-state index in [-0.39, 0.29) is 18.0 Å². The number of likely N-dealkylation sites (tertiary alicyclic amines) is 1. The Labute approximate surface area is 193 Å². The zero-order valence-corrected chi connectivity index (χ0v) is 19.4. The number of hydrogen-bond donors (Lipinski definition) is 3. The number of fused-ring (bicyclic) bond motifs is 1. The average Bonchev–Trinajstić information content (AvgIpc) is 3.27. The Kier molecular flexibility index (Phi) is 6.40. The lowest BCUT2D eigenvalue weighted by molar-refractivity contribution is -0.0144. The van der Waals surface area contributed by atoms with Crippen LogP contribution in [-0.2, 0) is 0 Å². The maximum absolute atomic E-state index is 12.8. The number of pyridine rings is 1. The van der Waals surface area contributed by atoms with Gasteiger partial charge >= 0.3 is 6.03 Å². The van der Waals surface area contributed by atoms with Crippen molar-refractivity contribution in [2.75, 3.05) is 13.1 Å². The van der Waals surface area contributed by atoms with E-state index in [1.54, 1.807) is 12.4 Å². The number of aromatic nitrogens is 3. The number of hydrogen-bond acceptors (Lipinski definition) is 4. The molecule has 1 aliphatic heterocycles. The minimum atomic E-state index is -0.710. The number of piperidine rings is 1. The molecule has 0 aliphatic carbocycles. The number of urea groups is 1. The molecule has 0 saturated carbocycles. The Balaban J connectivity index is 1.40. The van der Waals surface area contributed by atoms with Gasteiger partial charge in [0.1, 0.15) is 0 Å². The second kappa shape index (κ2) is 9.08. The highest BCUT2D eigenvalue weighted by molar-refractivity contribution is 6.31. The van der Waals surface area contributed by atoms with Crippen molar-refractivity contribution in [2.24, 2.45) is 11.3 Å². The Bertz CT molecular complexity index is 1080. The van der Waals surface area contributed by atoms with Crippen LogP contribution < -0.4 is 5.32 Å². The number of H-pyrrole nitrogens is 1. The zero-order chi connectivity index (χ0) is 22.9. The summed E-state index contributed by atoms with van der Waals surface area (Å²) >= 11 is 6.29. The second-order valence-electron chi connectivity index (χ2n) is 9.24. The first kappa shape index (κ1) is 22.6. The summed E-state index contributed by atoms with van der Waals surface area (Å²) in [5.41, 5.74) is 2.02. The van der Waals surface area contributed by atoms with E-state index in [2.05, 4.69) is 34.3 Å². The summed E-state index contributed by atoms with van der Waals surface area (Å²) in [5, 5.41) is 23.0. The summed E-state index contributed by atoms with van der Waals surface area (Å²) in [7, 11) is 0. The summed E-state index contributed by atoms with van der Waals surface area (Å²) in [5.74, 6) is 0.256. The van der Waals surface area contributed by atoms with E-state index < -0.39 is 11.5 Å². The lowest BCUT2D eigenvalue weighted by Crippen LogP contribution is -2.47. The van der Waals surface area contributed by atoms with Gasteiger partial charge in [-0.2, -0.15) is 5.10 Å². The number of benzene rings is 1. The third kappa shape index (κ3) is 4.45.